The summed E-state index contributed by atoms with van der Waals surface area (Å²) in [5, 5.41) is 7.83. The third-order valence-electron chi connectivity index (χ3n) is 4.82. The Labute approximate surface area is 154 Å². The molecule has 0 saturated heterocycles. The molecule has 1 aliphatic heterocycles. The summed E-state index contributed by atoms with van der Waals surface area (Å²) in [4.78, 5) is 12.3. The number of carbonyl (C=O) groups is 1. The largest absolute Gasteiger partial charge is 0.469 e. The van der Waals surface area contributed by atoms with E-state index < -0.39 is 0 Å². The first-order valence-corrected chi connectivity index (χ1v) is 9.53. The molecule has 3 rings (SSSR count). The molecule has 0 fully saturated rings. The van der Waals surface area contributed by atoms with Gasteiger partial charge in [-0.3, -0.25) is 9.48 Å². The van der Waals surface area contributed by atoms with Crippen LogP contribution in [0.2, 0.25) is 0 Å². The zero-order valence-electron chi connectivity index (χ0n) is 16.0. The standard InChI is InChI=1S/C20H29N3O3/c1-14(2)23-19-10-12-25-13-17(19)18(22-23)8-9-20(24)21-15(3)6-7-16-5-4-11-26-16/h4-5,11,14-15H,6-10,12-13H2,1-3H3,(H,21,24). The molecular formula is C20H29N3O3. The zero-order chi connectivity index (χ0) is 18.5. The molecule has 6 nitrogen and oxygen atoms in total. The van der Waals surface area contributed by atoms with Crippen LogP contribution in [0.4, 0.5) is 0 Å². The number of fused-ring (bicyclic) bond motifs is 1. The van der Waals surface area contributed by atoms with Crippen LogP contribution >= 0.6 is 0 Å². The summed E-state index contributed by atoms with van der Waals surface area (Å²) in [5.74, 6) is 1.03. The molecule has 142 valence electrons. The Balaban J connectivity index is 1.51. The smallest absolute Gasteiger partial charge is 0.220 e. The number of amides is 1. The molecule has 26 heavy (non-hydrogen) atoms. The van der Waals surface area contributed by atoms with Gasteiger partial charge >= 0.3 is 0 Å². The van der Waals surface area contributed by atoms with Crippen molar-refractivity contribution in [2.24, 2.45) is 0 Å². The zero-order valence-corrected chi connectivity index (χ0v) is 16.0. The minimum atomic E-state index is 0.0709. The Kier molecular flexibility index (Phi) is 6.14. The highest BCUT2D eigenvalue weighted by Crippen LogP contribution is 2.24. The molecular weight excluding hydrogens is 330 g/mol. The molecule has 1 aliphatic rings. The highest BCUT2D eigenvalue weighted by molar-refractivity contribution is 5.76. The third-order valence-corrected chi connectivity index (χ3v) is 4.82. The van der Waals surface area contributed by atoms with Gasteiger partial charge in [-0.05, 0) is 39.3 Å². The van der Waals surface area contributed by atoms with Crippen molar-refractivity contribution in [3.63, 3.8) is 0 Å². The Morgan fingerprint density at radius 3 is 2.92 bits per heavy atom. The van der Waals surface area contributed by atoms with Crippen LogP contribution in [0.1, 0.15) is 62.4 Å². The number of hydrogen-bond donors (Lipinski definition) is 1. The van der Waals surface area contributed by atoms with Gasteiger partial charge in [-0.2, -0.15) is 5.10 Å². The van der Waals surface area contributed by atoms with Crippen LogP contribution in [-0.4, -0.2) is 28.3 Å². The first kappa shape index (κ1) is 18.7. The Bertz CT molecular complexity index is 719. The van der Waals surface area contributed by atoms with Gasteiger partial charge in [0.05, 0.1) is 25.2 Å². The predicted octanol–water partition coefficient (Wildman–Crippen LogP) is 3.20. The van der Waals surface area contributed by atoms with Gasteiger partial charge in [-0.15, -0.1) is 0 Å². The molecule has 2 aromatic rings. The molecule has 6 heteroatoms. The quantitative estimate of drug-likeness (QED) is 0.786. The van der Waals surface area contributed by atoms with E-state index in [2.05, 4.69) is 23.8 Å². The third kappa shape index (κ3) is 4.55. The second-order valence-electron chi connectivity index (χ2n) is 7.30. The van der Waals surface area contributed by atoms with Crippen molar-refractivity contribution in [1.29, 1.82) is 0 Å². The van der Waals surface area contributed by atoms with E-state index in [1.165, 1.54) is 11.3 Å². The number of aromatic nitrogens is 2. The Hall–Kier alpha value is -2.08. The van der Waals surface area contributed by atoms with Crippen molar-refractivity contribution < 1.29 is 13.9 Å². The van der Waals surface area contributed by atoms with Crippen molar-refractivity contribution in [2.75, 3.05) is 6.61 Å². The molecule has 0 spiro atoms. The minimum absolute atomic E-state index is 0.0709. The number of ether oxygens (including phenoxy) is 1. The number of nitrogens with zero attached hydrogens (tertiary/aromatic N) is 2. The van der Waals surface area contributed by atoms with Gasteiger partial charge in [-0.1, -0.05) is 0 Å². The van der Waals surface area contributed by atoms with Crippen molar-refractivity contribution >= 4 is 5.91 Å². The maximum Gasteiger partial charge on any atom is 0.220 e. The molecule has 0 saturated carbocycles. The van der Waals surface area contributed by atoms with E-state index in [9.17, 15) is 4.79 Å². The lowest BCUT2D eigenvalue weighted by molar-refractivity contribution is -0.121. The van der Waals surface area contributed by atoms with Crippen LogP contribution in [-0.2, 0) is 35.4 Å². The summed E-state index contributed by atoms with van der Waals surface area (Å²) in [7, 11) is 0. The summed E-state index contributed by atoms with van der Waals surface area (Å²) in [5.41, 5.74) is 3.46. The molecule has 0 bridgehead atoms. The second-order valence-corrected chi connectivity index (χ2v) is 7.30. The average molecular weight is 359 g/mol. The highest BCUT2D eigenvalue weighted by atomic mass is 16.5. The van der Waals surface area contributed by atoms with Gasteiger partial charge in [0.25, 0.3) is 0 Å². The maximum absolute atomic E-state index is 12.3. The van der Waals surface area contributed by atoms with Crippen LogP contribution < -0.4 is 5.32 Å². The number of nitrogens with one attached hydrogen (secondary N) is 1. The molecule has 0 aromatic carbocycles. The van der Waals surface area contributed by atoms with Gasteiger partial charge in [0.15, 0.2) is 0 Å². The summed E-state index contributed by atoms with van der Waals surface area (Å²) in [6.07, 6.45) is 5.38. The maximum atomic E-state index is 12.3. The lowest BCUT2D eigenvalue weighted by atomic mass is 10.1. The SMILES string of the molecule is CC(CCc1ccco1)NC(=O)CCc1nn(C(C)C)c2c1COCC2. The van der Waals surface area contributed by atoms with E-state index in [0.29, 0.717) is 25.5 Å². The number of carbonyl (C=O) groups excluding carboxylic acids is 1. The molecule has 1 amide bonds. The van der Waals surface area contributed by atoms with E-state index in [1.807, 2.05) is 19.1 Å². The minimum Gasteiger partial charge on any atom is -0.469 e. The van der Waals surface area contributed by atoms with E-state index >= 15 is 0 Å². The molecule has 2 aromatic heterocycles. The lowest BCUT2D eigenvalue weighted by Crippen LogP contribution is -2.33. The molecule has 1 atom stereocenters. The number of rotatable bonds is 8. The van der Waals surface area contributed by atoms with Gasteiger partial charge < -0.3 is 14.5 Å². The number of aryl methyl sites for hydroxylation is 2. The molecule has 1 unspecified atom stereocenters. The summed E-state index contributed by atoms with van der Waals surface area (Å²) < 4.78 is 13.0. The highest BCUT2D eigenvalue weighted by Gasteiger charge is 2.22. The summed E-state index contributed by atoms with van der Waals surface area (Å²) >= 11 is 0. The van der Waals surface area contributed by atoms with E-state index in [-0.39, 0.29) is 11.9 Å². The fourth-order valence-electron chi connectivity index (χ4n) is 3.42. The van der Waals surface area contributed by atoms with E-state index in [0.717, 1.165) is 37.3 Å². The summed E-state index contributed by atoms with van der Waals surface area (Å²) in [6.45, 7) is 7.67. The first-order chi connectivity index (χ1) is 12.5. The molecule has 0 radical (unpaired) electrons. The van der Waals surface area contributed by atoms with E-state index in [4.69, 9.17) is 14.3 Å². The van der Waals surface area contributed by atoms with Crippen molar-refractivity contribution in [3.05, 3.63) is 41.1 Å². The van der Waals surface area contributed by atoms with Gasteiger partial charge in [0, 0.05) is 49.0 Å². The Morgan fingerprint density at radius 2 is 2.19 bits per heavy atom. The van der Waals surface area contributed by atoms with Crippen molar-refractivity contribution in [3.8, 4) is 0 Å². The normalized spacial score (nSPS) is 15.1. The predicted molar refractivity (Wildman–Crippen MR) is 98.9 cm³/mol. The van der Waals surface area contributed by atoms with Crippen LogP contribution in [0.3, 0.4) is 0 Å². The topological polar surface area (TPSA) is 69.3 Å². The molecule has 1 N–H and O–H groups in total. The van der Waals surface area contributed by atoms with Crippen LogP contribution in [0.25, 0.3) is 0 Å². The number of furan rings is 1. The Morgan fingerprint density at radius 1 is 1.35 bits per heavy atom. The molecule has 3 heterocycles. The lowest BCUT2D eigenvalue weighted by Gasteiger charge is -2.16. The first-order valence-electron chi connectivity index (χ1n) is 9.53. The van der Waals surface area contributed by atoms with E-state index in [1.54, 1.807) is 6.26 Å². The second kappa shape index (κ2) is 8.54. The average Bonchev–Trinajstić information content (AvgIpc) is 3.26. The van der Waals surface area contributed by atoms with Crippen LogP contribution in [0.15, 0.2) is 22.8 Å². The monoisotopic (exact) mass is 359 g/mol. The molecule has 0 aliphatic carbocycles. The van der Waals surface area contributed by atoms with Crippen LogP contribution in [0.5, 0.6) is 0 Å². The van der Waals surface area contributed by atoms with Crippen molar-refractivity contribution in [2.45, 2.75) is 71.6 Å². The fraction of sp³-hybridized carbons (Fsp3) is 0.600. The summed E-state index contributed by atoms with van der Waals surface area (Å²) in [6, 6.07) is 4.30. The van der Waals surface area contributed by atoms with Gasteiger partial charge in [0.1, 0.15) is 5.76 Å². The van der Waals surface area contributed by atoms with Crippen molar-refractivity contribution in [1.82, 2.24) is 15.1 Å². The fourth-order valence-corrected chi connectivity index (χ4v) is 3.42. The van der Waals surface area contributed by atoms with Crippen LogP contribution in [0, 0.1) is 0 Å². The number of hydrogen-bond acceptors (Lipinski definition) is 4. The van der Waals surface area contributed by atoms with Gasteiger partial charge in [0.2, 0.25) is 5.91 Å². The van der Waals surface area contributed by atoms with Gasteiger partial charge in [-0.25, -0.2) is 0 Å².